The fourth-order valence-corrected chi connectivity index (χ4v) is 2.06. The highest BCUT2D eigenvalue weighted by molar-refractivity contribution is 5.85. The number of carbonyl (C=O) groups excluding carboxylic acids is 1. The molecule has 4 heteroatoms. The topological polar surface area (TPSA) is 66.4 Å². The van der Waals surface area contributed by atoms with E-state index >= 15 is 0 Å². The van der Waals surface area contributed by atoms with Crippen molar-refractivity contribution < 1.29 is 14.7 Å². The van der Waals surface area contributed by atoms with E-state index in [1.54, 1.807) is 0 Å². The lowest BCUT2D eigenvalue weighted by molar-refractivity contribution is -0.146. The second-order valence-corrected chi connectivity index (χ2v) is 4.51. The van der Waals surface area contributed by atoms with Gasteiger partial charge >= 0.3 is 5.97 Å². The molecule has 0 aromatic heterocycles. The first kappa shape index (κ1) is 12.7. The second kappa shape index (κ2) is 5.68. The quantitative estimate of drug-likeness (QED) is 0.714. The highest BCUT2D eigenvalue weighted by atomic mass is 16.4. The summed E-state index contributed by atoms with van der Waals surface area (Å²) >= 11 is 0. The maximum atomic E-state index is 11.7. The molecule has 2 N–H and O–H groups in total. The molecule has 0 aliphatic heterocycles. The number of nitrogens with one attached hydrogen (secondary N) is 1. The minimum absolute atomic E-state index is 0.123. The van der Waals surface area contributed by atoms with Crippen molar-refractivity contribution in [1.82, 2.24) is 5.32 Å². The lowest BCUT2D eigenvalue weighted by Crippen LogP contribution is -2.35. The molecule has 0 heterocycles. The first-order valence-corrected chi connectivity index (χ1v) is 5.66. The number of amides is 1. The van der Waals surface area contributed by atoms with Crippen LogP contribution >= 0.6 is 0 Å². The van der Waals surface area contributed by atoms with E-state index in [1.165, 1.54) is 0 Å². The van der Waals surface area contributed by atoms with Crippen molar-refractivity contribution in [1.29, 1.82) is 0 Å². The molecule has 1 rings (SSSR count). The van der Waals surface area contributed by atoms with E-state index < -0.39 is 11.9 Å². The molecule has 1 fully saturated rings. The van der Waals surface area contributed by atoms with Gasteiger partial charge in [-0.15, -0.1) is 0 Å². The normalized spacial score (nSPS) is 23.9. The number of hydrogen-bond donors (Lipinski definition) is 2. The summed E-state index contributed by atoms with van der Waals surface area (Å²) in [6, 6.07) is 0. The predicted molar refractivity (Wildman–Crippen MR) is 60.9 cm³/mol. The van der Waals surface area contributed by atoms with Gasteiger partial charge in [0.25, 0.3) is 0 Å². The Bertz CT molecular complexity index is 305. The van der Waals surface area contributed by atoms with Gasteiger partial charge in [0.2, 0.25) is 5.91 Å². The van der Waals surface area contributed by atoms with Crippen molar-refractivity contribution in [3.63, 3.8) is 0 Å². The second-order valence-electron chi connectivity index (χ2n) is 4.51. The van der Waals surface area contributed by atoms with Crippen LogP contribution in [0.25, 0.3) is 0 Å². The van der Waals surface area contributed by atoms with E-state index in [0.29, 0.717) is 19.4 Å². The number of carboxylic acid groups (broad SMARTS) is 1. The minimum Gasteiger partial charge on any atom is -0.481 e. The zero-order valence-corrected chi connectivity index (χ0v) is 9.82. The Morgan fingerprint density at radius 1 is 1.31 bits per heavy atom. The van der Waals surface area contributed by atoms with E-state index in [4.69, 9.17) is 5.11 Å². The van der Waals surface area contributed by atoms with Crippen LogP contribution in [0.15, 0.2) is 11.6 Å². The standard InChI is InChI=1S/C12H19NO3/c1-8(2)6-7-13-11(14)9-4-3-5-10(9)12(15)16/h6,9-10H,3-5,7H2,1-2H3,(H,13,14)(H,15,16). The van der Waals surface area contributed by atoms with Gasteiger partial charge in [0.05, 0.1) is 11.8 Å². The highest BCUT2D eigenvalue weighted by Crippen LogP contribution is 2.31. The fraction of sp³-hybridized carbons (Fsp3) is 0.667. The molecule has 0 radical (unpaired) electrons. The molecule has 0 saturated heterocycles. The van der Waals surface area contributed by atoms with E-state index in [-0.39, 0.29) is 11.8 Å². The maximum Gasteiger partial charge on any atom is 0.307 e. The molecule has 0 aromatic carbocycles. The van der Waals surface area contributed by atoms with Crippen molar-refractivity contribution in [2.24, 2.45) is 11.8 Å². The fourth-order valence-electron chi connectivity index (χ4n) is 2.06. The molecule has 2 unspecified atom stereocenters. The van der Waals surface area contributed by atoms with E-state index in [9.17, 15) is 9.59 Å². The number of carbonyl (C=O) groups is 2. The van der Waals surface area contributed by atoms with Crippen molar-refractivity contribution in [3.8, 4) is 0 Å². The summed E-state index contributed by atoms with van der Waals surface area (Å²) in [5.74, 6) is -1.81. The first-order chi connectivity index (χ1) is 7.52. The summed E-state index contributed by atoms with van der Waals surface area (Å²) in [7, 11) is 0. The van der Waals surface area contributed by atoms with Crippen molar-refractivity contribution in [2.45, 2.75) is 33.1 Å². The number of hydrogen-bond acceptors (Lipinski definition) is 2. The zero-order valence-electron chi connectivity index (χ0n) is 9.82. The van der Waals surface area contributed by atoms with Gasteiger partial charge in [0.1, 0.15) is 0 Å². The van der Waals surface area contributed by atoms with Gasteiger partial charge in [-0.2, -0.15) is 0 Å². The molecule has 4 nitrogen and oxygen atoms in total. The van der Waals surface area contributed by atoms with Crippen LogP contribution in [-0.4, -0.2) is 23.5 Å². The van der Waals surface area contributed by atoms with Crippen LogP contribution in [0.1, 0.15) is 33.1 Å². The number of carboxylic acids is 1. The Morgan fingerprint density at radius 3 is 2.50 bits per heavy atom. The zero-order chi connectivity index (χ0) is 12.1. The molecular weight excluding hydrogens is 206 g/mol. The van der Waals surface area contributed by atoms with Crippen LogP contribution in [0, 0.1) is 11.8 Å². The summed E-state index contributed by atoms with van der Waals surface area (Å²) in [4.78, 5) is 22.6. The molecule has 1 aliphatic rings. The van der Waals surface area contributed by atoms with Gasteiger partial charge in [-0.3, -0.25) is 9.59 Å². The Hall–Kier alpha value is -1.32. The van der Waals surface area contributed by atoms with Crippen LogP contribution in [-0.2, 0) is 9.59 Å². The van der Waals surface area contributed by atoms with Crippen LogP contribution in [0.2, 0.25) is 0 Å². The van der Waals surface area contributed by atoms with E-state index in [0.717, 1.165) is 12.0 Å². The smallest absolute Gasteiger partial charge is 0.307 e. The molecule has 1 amide bonds. The van der Waals surface area contributed by atoms with Gasteiger partial charge in [-0.1, -0.05) is 18.1 Å². The largest absolute Gasteiger partial charge is 0.481 e. The van der Waals surface area contributed by atoms with Gasteiger partial charge < -0.3 is 10.4 Å². The van der Waals surface area contributed by atoms with Crippen LogP contribution in [0.4, 0.5) is 0 Å². The molecule has 0 aromatic rings. The monoisotopic (exact) mass is 225 g/mol. The van der Waals surface area contributed by atoms with Crippen molar-refractivity contribution in [3.05, 3.63) is 11.6 Å². The first-order valence-electron chi connectivity index (χ1n) is 5.66. The van der Waals surface area contributed by atoms with Crippen molar-refractivity contribution in [2.75, 3.05) is 6.54 Å². The number of allylic oxidation sites excluding steroid dienone is 1. The minimum atomic E-state index is -0.847. The lowest BCUT2D eigenvalue weighted by Gasteiger charge is -2.14. The number of rotatable bonds is 4. The molecule has 2 atom stereocenters. The van der Waals surface area contributed by atoms with Crippen molar-refractivity contribution >= 4 is 11.9 Å². The van der Waals surface area contributed by atoms with Crippen LogP contribution in [0.5, 0.6) is 0 Å². The molecule has 1 aliphatic carbocycles. The van der Waals surface area contributed by atoms with Gasteiger partial charge in [-0.25, -0.2) is 0 Å². The molecule has 0 bridgehead atoms. The van der Waals surface area contributed by atoms with E-state index in [1.807, 2.05) is 19.9 Å². The Kier molecular flexibility index (Phi) is 4.52. The molecule has 1 saturated carbocycles. The Morgan fingerprint density at radius 2 is 1.94 bits per heavy atom. The van der Waals surface area contributed by atoms with Crippen LogP contribution in [0.3, 0.4) is 0 Å². The summed E-state index contributed by atoms with van der Waals surface area (Å²) in [5, 5.41) is 11.7. The van der Waals surface area contributed by atoms with Crippen LogP contribution < -0.4 is 5.32 Å². The third-order valence-corrected chi connectivity index (χ3v) is 2.96. The maximum absolute atomic E-state index is 11.7. The summed E-state index contributed by atoms with van der Waals surface area (Å²) in [6.07, 6.45) is 4.06. The average Bonchev–Trinajstić information content (AvgIpc) is 2.65. The SMILES string of the molecule is CC(C)=CCNC(=O)C1CCCC1C(=O)O. The molecule has 16 heavy (non-hydrogen) atoms. The Labute approximate surface area is 95.7 Å². The molecular formula is C12H19NO3. The number of aliphatic carboxylic acids is 1. The summed E-state index contributed by atoms with van der Waals surface area (Å²) in [5.41, 5.74) is 1.14. The Balaban J connectivity index is 2.47. The van der Waals surface area contributed by atoms with Gasteiger partial charge in [0.15, 0.2) is 0 Å². The summed E-state index contributed by atoms with van der Waals surface area (Å²) in [6.45, 7) is 4.41. The summed E-state index contributed by atoms with van der Waals surface area (Å²) < 4.78 is 0. The highest BCUT2D eigenvalue weighted by Gasteiger charge is 2.37. The third kappa shape index (κ3) is 3.36. The predicted octanol–water partition coefficient (Wildman–Crippen LogP) is 1.57. The van der Waals surface area contributed by atoms with E-state index in [2.05, 4.69) is 5.32 Å². The molecule has 90 valence electrons. The third-order valence-electron chi connectivity index (χ3n) is 2.96. The van der Waals surface area contributed by atoms with Gasteiger partial charge in [-0.05, 0) is 26.7 Å². The average molecular weight is 225 g/mol. The van der Waals surface area contributed by atoms with Gasteiger partial charge in [0, 0.05) is 6.54 Å². The lowest BCUT2D eigenvalue weighted by atomic mass is 9.95. The molecule has 0 spiro atoms.